The van der Waals surface area contributed by atoms with Crippen LogP contribution in [0.25, 0.3) is 148 Å². The monoisotopic (exact) mass is 900 g/mol. The standard InChI is InChI=1S/C64H36S3/c1-3-20-42-40(18-1)58(41-19-2-4-21-43(41)60(42)51-29-13-26-48-38-16-9-11-31-54(38)66-63(48)51)37-34-35-56-53(36-37)62-50(28-15-33-57(62)65-56)59-44-22-5-7-24-46(44)61(47-25-8-6-23-45(47)59)52-30-14-27-49-39-17-10-12-32-55(39)67-64(49)52/h1-36H. The predicted octanol–water partition coefficient (Wildman–Crippen LogP) is 20.1. The van der Waals surface area contributed by atoms with Gasteiger partial charge in [0.25, 0.3) is 0 Å². The van der Waals surface area contributed by atoms with Crippen LogP contribution in [0, 0.1) is 0 Å². The third-order valence-corrected chi connectivity index (χ3v) is 17.8. The molecule has 67 heavy (non-hydrogen) atoms. The maximum absolute atomic E-state index is 2.50. The molecule has 0 N–H and O–H groups in total. The Morgan fingerprint density at radius 1 is 0.209 bits per heavy atom. The van der Waals surface area contributed by atoms with Gasteiger partial charge in [-0.25, -0.2) is 0 Å². The highest BCUT2D eigenvalue weighted by Crippen LogP contribution is 2.52. The summed E-state index contributed by atoms with van der Waals surface area (Å²) in [5.74, 6) is 0. The number of hydrogen-bond donors (Lipinski definition) is 0. The number of fused-ring (bicyclic) bond motifs is 13. The molecule has 3 heterocycles. The smallest absolute Gasteiger partial charge is 0.0434 e. The topological polar surface area (TPSA) is 0 Å². The van der Waals surface area contributed by atoms with Crippen molar-refractivity contribution in [2.45, 2.75) is 0 Å². The van der Waals surface area contributed by atoms with Crippen LogP contribution in [0.3, 0.4) is 0 Å². The van der Waals surface area contributed by atoms with Crippen LogP contribution in [0.2, 0.25) is 0 Å². The normalized spacial score (nSPS) is 12.2. The van der Waals surface area contributed by atoms with Crippen LogP contribution in [0.1, 0.15) is 0 Å². The Kier molecular flexibility index (Phi) is 8.08. The van der Waals surface area contributed by atoms with E-state index in [4.69, 9.17) is 0 Å². The molecule has 0 unspecified atom stereocenters. The van der Waals surface area contributed by atoms with Crippen LogP contribution in [0.15, 0.2) is 218 Å². The zero-order chi connectivity index (χ0) is 43.7. The molecule has 0 bridgehead atoms. The predicted molar refractivity (Wildman–Crippen MR) is 297 cm³/mol. The van der Waals surface area contributed by atoms with Crippen molar-refractivity contribution in [3.63, 3.8) is 0 Å². The molecule has 0 aliphatic rings. The van der Waals surface area contributed by atoms with Gasteiger partial charge in [0, 0.05) is 71.6 Å². The first-order valence-electron chi connectivity index (χ1n) is 22.9. The highest BCUT2D eigenvalue weighted by atomic mass is 32.1. The fraction of sp³-hybridized carbons (Fsp3) is 0. The molecule has 0 nitrogen and oxygen atoms in total. The van der Waals surface area contributed by atoms with Crippen LogP contribution >= 0.6 is 34.0 Å². The molecule has 0 atom stereocenters. The zero-order valence-corrected chi connectivity index (χ0v) is 38.5. The van der Waals surface area contributed by atoms with E-state index in [-0.39, 0.29) is 0 Å². The van der Waals surface area contributed by atoms with Gasteiger partial charge < -0.3 is 0 Å². The third-order valence-electron chi connectivity index (χ3n) is 14.3. The van der Waals surface area contributed by atoms with Gasteiger partial charge in [-0.05, 0) is 107 Å². The van der Waals surface area contributed by atoms with E-state index in [1.54, 1.807) is 0 Å². The SMILES string of the molecule is c1ccc2c(c1)sc1c(-c3c4ccccc4c(-c4ccc5sc6cccc(-c7c8ccccc8c(-c8cccc9c8sc8ccccc89)c8ccccc78)c6c5c4)c4ccccc34)cccc12. The Morgan fingerprint density at radius 2 is 0.552 bits per heavy atom. The molecule has 3 heteroatoms. The largest absolute Gasteiger partial charge is 0.135 e. The first-order valence-corrected chi connectivity index (χ1v) is 25.4. The summed E-state index contributed by atoms with van der Waals surface area (Å²) >= 11 is 5.72. The van der Waals surface area contributed by atoms with Gasteiger partial charge in [-0.3, -0.25) is 0 Å². The van der Waals surface area contributed by atoms with Crippen molar-refractivity contribution < 1.29 is 0 Å². The Bertz CT molecular complexity index is 4460. The summed E-state index contributed by atoms with van der Waals surface area (Å²) in [5.41, 5.74) is 10.3. The van der Waals surface area contributed by atoms with Crippen molar-refractivity contribution in [2.75, 3.05) is 0 Å². The maximum Gasteiger partial charge on any atom is 0.0434 e. The highest BCUT2D eigenvalue weighted by molar-refractivity contribution is 7.27. The zero-order valence-electron chi connectivity index (χ0n) is 36.0. The van der Waals surface area contributed by atoms with E-state index in [1.807, 2.05) is 34.0 Å². The van der Waals surface area contributed by atoms with Crippen LogP contribution in [-0.2, 0) is 0 Å². The van der Waals surface area contributed by atoms with Crippen molar-refractivity contribution in [3.8, 4) is 44.5 Å². The number of hydrogen-bond acceptors (Lipinski definition) is 3. The van der Waals surface area contributed by atoms with E-state index < -0.39 is 0 Å². The Labute approximate surface area is 397 Å². The summed E-state index contributed by atoms with van der Waals surface area (Å²) in [4.78, 5) is 0. The van der Waals surface area contributed by atoms with Crippen molar-refractivity contribution in [3.05, 3.63) is 218 Å². The van der Waals surface area contributed by atoms with Crippen LogP contribution < -0.4 is 0 Å². The third kappa shape index (κ3) is 5.39. The van der Waals surface area contributed by atoms with E-state index in [0.717, 1.165) is 0 Å². The van der Waals surface area contributed by atoms with E-state index >= 15 is 0 Å². The van der Waals surface area contributed by atoms with Crippen molar-refractivity contribution in [1.29, 1.82) is 0 Å². The van der Waals surface area contributed by atoms with E-state index in [9.17, 15) is 0 Å². The molecule has 0 fully saturated rings. The van der Waals surface area contributed by atoms with Gasteiger partial charge in [-0.2, -0.15) is 0 Å². The molecular formula is C64H36S3. The molecule has 15 aromatic rings. The van der Waals surface area contributed by atoms with Crippen LogP contribution in [0.5, 0.6) is 0 Å². The summed E-state index contributed by atoms with van der Waals surface area (Å²) in [7, 11) is 0. The molecule has 0 saturated heterocycles. The molecule has 0 aliphatic heterocycles. The highest BCUT2D eigenvalue weighted by Gasteiger charge is 2.23. The van der Waals surface area contributed by atoms with E-state index in [1.165, 1.54) is 148 Å². The van der Waals surface area contributed by atoms with Crippen molar-refractivity contribution in [1.82, 2.24) is 0 Å². The molecule has 310 valence electrons. The lowest BCUT2D eigenvalue weighted by Crippen LogP contribution is -1.92. The first-order chi connectivity index (χ1) is 33.3. The molecule has 15 rings (SSSR count). The first kappa shape index (κ1) is 37.5. The summed E-state index contributed by atoms with van der Waals surface area (Å²) in [6, 6.07) is 82.1. The Balaban J connectivity index is 0.992. The second kappa shape index (κ2) is 14.4. The minimum absolute atomic E-state index is 1.24. The second-order valence-corrected chi connectivity index (χ2v) is 20.9. The van der Waals surface area contributed by atoms with Crippen LogP contribution in [0.4, 0.5) is 0 Å². The lowest BCUT2D eigenvalue weighted by atomic mass is 9.84. The van der Waals surface area contributed by atoms with Crippen molar-refractivity contribution >= 4 is 138 Å². The summed E-state index contributed by atoms with van der Waals surface area (Å²) in [6.07, 6.45) is 0. The van der Waals surface area contributed by atoms with Gasteiger partial charge in [0.2, 0.25) is 0 Å². The average molecular weight is 901 g/mol. The molecule has 0 amide bonds. The fourth-order valence-electron chi connectivity index (χ4n) is 11.5. The van der Waals surface area contributed by atoms with Gasteiger partial charge in [0.15, 0.2) is 0 Å². The second-order valence-electron chi connectivity index (χ2n) is 17.7. The lowest BCUT2D eigenvalue weighted by Gasteiger charge is -2.19. The molecule has 3 aromatic heterocycles. The molecule has 0 radical (unpaired) electrons. The molecule has 0 aliphatic carbocycles. The minimum atomic E-state index is 1.24. The molecular weight excluding hydrogens is 865 g/mol. The minimum Gasteiger partial charge on any atom is -0.135 e. The molecule has 0 spiro atoms. The maximum atomic E-state index is 2.50. The quantitative estimate of drug-likeness (QED) is 0.154. The number of benzene rings is 12. The van der Waals surface area contributed by atoms with Crippen molar-refractivity contribution in [2.24, 2.45) is 0 Å². The summed E-state index contributed by atoms with van der Waals surface area (Å²) in [6.45, 7) is 0. The fourth-order valence-corrected chi connectivity index (χ4v) is 15.1. The van der Waals surface area contributed by atoms with Gasteiger partial charge in [-0.1, -0.05) is 188 Å². The lowest BCUT2D eigenvalue weighted by molar-refractivity contribution is 1.70. The average Bonchev–Trinajstić information content (AvgIpc) is 4.09. The Morgan fingerprint density at radius 3 is 1.03 bits per heavy atom. The molecule has 12 aromatic carbocycles. The summed E-state index contributed by atoms with van der Waals surface area (Å²) in [5, 5.41) is 18.1. The van der Waals surface area contributed by atoms with Gasteiger partial charge >= 0.3 is 0 Å². The number of rotatable bonds is 4. The van der Waals surface area contributed by atoms with E-state index in [0.29, 0.717) is 0 Å². The number of thiophene rings is 3. The van der Waals surface area contributed by atoms with Gasteiger partial charge in [0.1, 0.15) is 0 Å². The van der Waals surface area contributed by atoms with Crippen LogP contribution in [-0.4, -0.2) is 0 Å². The van der Waals surface area contributed by atoms with Gasteiger partial charge in [0.05, 0.1) is 0 Å². The molecule has 0 saturated carbocycles. The Hall–Kier alpha value is -7.66. The summed E-state index contributed by atoms with van der Waals surface area (Å²) < 4.78 is 7.94. The van der Waals surface area contributed by atoms with Gasteiger partial charge in [-0.15, -0.1) is 34.0 Å². The van der Waals surface area contributed by atoms with E-state index in [2.05, 4.69) is 218 Å².